The molecular formula is C26H22N6O8S2. The van der Waals surface area contributed by atoms with Gasteiger partial charge in [0.2, 0.25) is 0 Å². The van der Waals surface area contributed by atoms with Gasteiger partial charge in [0.15, 0.2) is 21.8 Å². The fraction of sp³-hybridized carbons (Fsp3) is 0.192. The van der Waals surface area contributed by atoms with Crippen LogP contribution in [0, 0.1) is 34.1 Å². The van der Waals surface area contributed by atoms with Crippen molar-refractivity contribution in [3.63, 3.8) is 0 Å². The number of thioether (sulfide) groups is 2. The van der Waals surface area contributed by atoms with Gasteiger partial charge in [-0.3, -0.25) is 39.2 Å². The van der Waals surface area contributed by atoms with Crippen LogP contribution in [0.3, 0.4) is 0 Å². The van der Waals surface area contributed by atoms with Gasteiger partial charge in [-0.2, -0.15) is 0 Å². The third-order valence-corrected chi connectivity index (χ3v) is 7.87. The van der Waals surface area contributed by atoms with Gasteiger partial charge in [0.05, 0.1) is 21.4 Å². The number of ketones is 1. The minimum absolute atomic E-state index is 0.0658. The van der Waals surface area contributed by atoms with Crippen molar-refractivity contribution in [3.05, 3.63) is 124 Å². The van der Waals surface area contributed by atoms with E-state index in [2.05, 4.69) is 15.0 Å². The molecule has 42 heavy (non-hydrogen) atoms. The van der Waals surface area contributed by atoms with Crippen molar-refractivity contribution < 1.29 is 19.7 Å². The Morgan fingerprint density at radius 3 is 2.14 bits per heavy atom. The van der Waals surface area contributed by atoms with Gasteiger partial charge in [0.25, 0.3) is 22.5 Å². The molecule has 2 aromatic heterocycles. The maximum absolute atomic E-state index is 12.1. The standard InChI is InChI=1S/2C13H11N3O4S/c1-8-6-11(17)15-12(14-8)21-7-13(15,18)9-2-4-10(5-3-9)16(19)20;1-8-6-12(18)15-13(14-8)21-7-11(17)9-2-4-10(5-3-9)16(19)20/h2-6,18H,7H2,1H3;2-6H,7H2,1H3,(H,14,15,18). The highest BCUT2D eigenvalue weighted by molar-refractivity contribution is 7.99. The van der Waals surface area contributed by atoms with Crippen LogP contribution in [0.2, 0.25) is 0 Å². The summed E-state index contributed by atoms with van der Waals surface area (Å²) in [5.41, 5.74) is -0.319. The molecular weight excluding hydrogens is 588 g/mol. The summed E-state index contributed by atoms with van der Waals surface area (Å²) in [6.45, 7) is 3.41. The first kappa shape index (κ1) is 30.3. The molecule has 16 heteroatoms. The SMILES string of the molecule is Cc1cc(=O)[nH]c(SCC(=O)c2ccc([N+](=O)[O-])cc2)n1.Cc1cc(=O)n2c(n1)SCC2(O)c1ccc([N+](=O)[O-])cc1. The second-order valence-electron chi connectivity index (χ2n) is 8.97. The van der Waals surface area contributed by atoms with Crippen molar-refractivity contribution in [1.29, 1.82) is 0 Å². The van der Waals surface area contributed by atoms with Crippen molar-refractivity contribution in [2.24, 2.45) is 0 Å². The van der Waals surface area contributed by atoms with E-state index in [4.69, 9.17) is 0 Å². The van der Waals surface area contributed by atoms with Crippen molar-refractivity contribution >= 4 is 40.7 Å². The molecule has 14 nitrogen and oxygen atoms in total. The summed E-state index contributed by atoms with van der Waals surface area (Å²) in [5.74, 6) is 0.125. The number of nitrogens with zero attached hydrogens (tertiary/aromatic N) is 5. The molecule has 1 aliphatic rings. The zero-order valence-corrected chi connectivity index (χ0v) is 23.7. The maximum Gasteiger partial charge on any atom is 0.269 e. The summed E-state index contributed by atoms with van der Waals surface area (Å²) < 4.78 is 1.23. The zero-order valence-electron chi connectivity index (χ0n) is 22.0. The fourth-order valence-corrected chi connectivity index (χ4v) is 5.93. The molecule has 1 aliphatic heterocycles. The number of non-ortho nitro benzene ring substituents is 2. The molecule has 2 N–H and O–H groups in total. The third-order valence-electron chi connectivity index (χ3n) is 5.92. The Balaban J connectivity index is 0.000000193. The molecule has 4 aromatic rings. The Hall–Kier alpha value is -4.67. The van der Waals surface area contributed by atoms with Crippen LogP contribution in [0.1, 0.15) is 27.3 Å². The number of Topliss-reactive ketones (excluding diaryl/α,β-unsaturated/α-hetero) is 1. The van der Waals surface area contributed by atoms with E-state index in [0.717, 1.165) is 11.8 Å². The minimum atomic E-state index is -1.53. The van der Waals surface area contributed by atoms with Crippen molar-refractivity contribution in [2.75, 3.05) is 11.5 Å². The van der Waals surface area contributed by atoms with E-state index in [1.165, 1.54) is 77.0 Å². The minimum Gasteiger partial charge on any atom is -0.366 e. The number of aryl methyl sites for hydroxylation is 2. The van der Waals surface area contributed by atoms with Crippen LogP contribution in [0.15, 0.2) is 80.6 Å². The summed E-state index contributed by atoms with van der Waals surface area (Å²) in [6, 6.07) is 13.6. The molecule has 216 valence electrons. The normalized spacial score (nSPS) is 15.3. The second kappa shape index (κ2) is 12.5. The summed E-state index contributed by atoms with van der Waals surface area (Å²) in [4.78, 5) is 66.4. The molecule has 1 unspecified atom stereocenters. The van der Waals surface area contributed by atoms with E-state index in [-0.39, 0.29) is 39.8 Å². The number of fused-ring (bicyclic) bond motifs is 1. The number of H-pyrrole nitrogens is 1. The molecule has 0 bridgehead atoms. The number of hydrogen-bond acceptors (Lipinski definition) is 12. The number of carbonyl (C=O) groups excluding carboxylic acids is 1. The van der Waals surface area contributed by atoms with E-state index in [9.17, 15) is 39.7 Å². The Labute approximate surface area is 245 Å². The van der Waals surface area contributed by atoms with E-state index in [0.29, 0.717) is 32.8 Å². The summed E-state index contributed by atoms with van der Waals surface area (Å²) in [5, 5.41) is 32.9. The molecule has 0 aliphatic carbocycles. The molecule has 1 atom stereocenters. The van der Waals surface area contributed by atoms with Crippen LogP contribution < -0.4 is 11.1 Å². The van der Waals surface area contributed by atoms with Crippen LogP contribution in [-0.2, 0) is 5.72 Å². The highest BCUT2D eigenvalue weighted by Gasteiger charge is 2.40. The second-order valence-corrected chi connectivity index (χ2v) is 10.9. The molecule has 0 fully saturated rings. The molecule has 5 rings (SSSR count). The first-order valence-electron chi connectivity index (χ1n) is 12.1. The van der Waals surface area contributed by atoms with E-state index in [1.807, 2.05) is 0 Å². The predicted molar refractivity (Wildman–Crippen MR) is 154 cm³/mol. The van der Waals surface area contributed by atoms with Crippen LogP contribution in [-0.4, -0.2) is 51.8 Å². The maximum atomic E-state index is 12.1. The van der Waals surface area contributed by atoms with Gasteiger partial charge in [-0.25, -0.2) is 9.97 Å². The first-order chi connectivity index (χ1) is 19.9. The Kier molecular flexibility index (Phi) is 8.99. The van der Waals surface area contributed by atoms with E-state index < -0.39 is 15.6 Å². The van der Waals surface area contributed by atoms with E-state index >= 15 is 0 Å². The number of nitro benzene ring substituents is 2. The van der Waals surface area contributed by atoms with Crippen LogP contribution >= 0.6 is 23.5 Å². The molecule has 0 saturated carbocycles. The topological polar surface area (TPSA) is 204 Å². The van der Waals surface area contributed by atoms with Gasteiger partial charge < -0.3 is 10.1 Å². The van der Waals surface area contributed by atoms with Crippen molar-refractivity contribution in [3.8, 4) is 0 Å². The molecule has 3 heterocycles. The highest BCUT2D eigenvalue weighted by atomic mass is 32.2. The average Bonchev–Trinajstić information content (AvgIpc) is 3.29. The van der Waals surface area contributed by atoms with Gasteiger partial charge in [-0.1, -0.05) is 23.5 Å². The molecule has 0 saturated heterocycles. The van der Waals surface area contributed by atoms with Gasteiger partial charge in [0.1, 0.15) is 0 Å². The van der Waals surface area contributed by atoms with Crippen LogP contribution in [0.25, 0.3) is 0 Å². The summed E-state index contributed by atoms with van der Waals surface area (Å²) >= 11 is 2.39. The highest BCUT2D eigenvalue weighted by Crippen LogP contribution is 2.38. The number of nitrogens with one attached hydrogen (secondary N) is 1. The molecule has 0 radical (unpaired) electrons. The van der Waals surface area contributed by atoms with E-state index in [1.54, 1.807) is 13.8 Å². The number of hydrogen-bond donors (Lipinski definition) is 2. The zero-order chi connectivity index (χ0) is 30.6. The lowest BCUT2D eigenvalue weighted by Crippen LogP contribution is -2.41. The average molecular weight is 611 g/mol. The lowest BCUT2D eigenvalue weighted by atomic mass is 10.0. The number of aromatic amines is 1. The molecule has 2 aromatic carbocycles. The van der Waals surface area contributed by atoms with Crippen molar-refractivity contribution in [1.82, 2.24) is 19.5 Å². The van der Waals surface area contributed by atoms with Gasteiger partial charge >= 0.3 is 0 Å². The predicted octanol–water partition coefficient (Wildman–Crippen LogP) is 3.22. The molecule has 0 amide bonds. The summed E-state index contributed by atoms with van der Waals surface area (Å²) in [7, 11) is 0. The number of benzene rings is 2. The number of carbonyl (C=O) groups is 1. The lowest BCUT2D eigenvalue weighted by Gasteiger charge is -2.24. The van der Waals surface area contributed by atoms with Gasteiger partial charge in [-0.05, 0) is 38.1 Å². The van der Waals surface area contributed by atoms with Gasteiger partial charge in [-0.15, -0.1) is 0 Å². The number of aromatic nitrogens is 4. The van der Waals surface area contributed by atoms with Gasteiger partial charge in [0, 0.05) is 58.9 Å². The monoisotopic (exact) mass is 610 g/mol. The van der Waals surface area contributed by atoms with Crippen LogP contribution in [0.4, 0.5) is 11.4 Å². The Morgan fingerprint density at radius 2 is 1.57 bits per heavy atom. The fourth-order valence-electron chi connectivity index (χ4n) is 3.91. The Morgan fingerprint density at radius 1 is 1.00 bits per heavy atom. The molecule has 0 spiro atoms. The quantitative estimate of drug-likeness (QED) is 0.102. The number of rotatable bonds is 7. The number of aliphatic hydroxyl groups is 1. The number of nitro groups is 2. The largest absolute Gasteiger partial charge is 0.366 e. The lowest BCUT2D eigenvalue weighted by molar-refractivity contribution is -0.385. The first-order valence-corrected chi connectivity index (χ1v) is 14.0. The van der Waals surface area contributed by atoms with Crippen LogP contribution in [0.5, 0.6) is 0 Å². The van der Waals surface area contributed by atoms with Crippen molar-refractivity contribution in [2.45, 2.75) is 29.9 Å². The smallest absolute Gasteiger partial charge is 0.269 e. The third kappa shape index (κ3) is 6.79. The summed E-state index contributed by atoms with van der Waals surface area (Å²) in [6.07, 6.45) is 0. The Bertz CT molecular complexity index is 1790.